The Morgan fingerprint density at radius 2 is 1.88 bits per heavy atom. The molecule has 3 aromatic rings. The van der Waals surface area contributed by atoms with E-state index in [9.17, 15) is 0 Å². The molecule has 0 fully saturated rings. The molecule has 0 aliphatic rings. The van der Waals surface area contributed by atoms with Gasteiger partial charge in [0, 0.05) is 17.1 Å². The summed E-state index contributed by atoms with van der Waals surface area (Å²) in [5.41, 5.74) is 2.47. The van der Waals surface area contributed by atoms with Crippen LogP contribution >= 0.6 is 15.9 Å². The van der Waals surface area contributed by atoms with Crippen LogP contribution in [0.25, 0.3) is 10.8 Å². The van der Waals surface area contributed by atoms with Crippen molar-refractivity contribution in [2.45, 2.75) is 19.5 Å². The van der Waals surface area contributed by atoms with Gasteiger partial charge < -0.3 is 15.2 Å². The molecule has 3 aromatic carbocycles. The first-order valence-electron chi connectivity index (χ1n) is 8.42. The molecule has 1 atom stereocenters. The van der Waals surface area contributed by atoms with Gasteiger partial charge in [-0.15, -0.1) is 0 Å². The first-order chi connectivity index (χ1) is 12.2. The Hall–Kier alpha value is -1.88. The third-order valence-corrected chi connectivity index (χ3v) is 5.01. The third kappa shape index (κ3) is 4.40. The average molecular weight is 400 g/mol. The summed E-state index contributed by atoms with van der Waals surface area (Å²) in [5.74, 6) is 0.756. The first kappa shape index (κ1) is 17.9. The molecule has 0 radical (unpaired) electrons. The van der Waals surface area contributed by atoms with E-state index in [0.29, 0.717) is 6.61 Å². The van der Waals surface area contributed by atoms with E-state index in [-0.39, 0.29) is 12.6 Å². The molecule has 0 aromatic heterocycles. The summed E-state index contributed by atoms with van der Waals surface area (Å²) < 4.78 is 6.43. The van der Waals surface area contributed by atoms with E-state index in [0.717, 1.165) is 16.8 Å². The average Bonchev–Trinajstić information content (AvgIpc) is 2.65. The van der Waals surface area contributed by atoms with Crippen molar-refractivity contribution < 1.29 is 9.84 Å². The summed E-state index contributed by atoms with van der Waals surface area (Å²) in [7, 11) is 0. The maximum absolute atomic E-state index is 8.83. The molecule has 25 heavy (non-hydrogen) atoms. The highest BCUT2D eigenvalue weighted by atomic mass is 79.9. The minimum Gasteiger partial charge on any atom is -0.491 e. The molecule has 0 aliphatic carbocycles. The van der Waals surface area contributed by atoms with Crippen LogP contribution in [0.1, 0.15) is 24.1 Å². The summed E-state index contributed by atoms with van der Waals surface area (Å²) in [4.78, 5) is 0. The Kier molecular flexibility index (Phi) is 6.08. The highest BCUT2D eigenvalue weighted by Gasteiger charge is 2.10. The minimum atomic E-state index is 0.0173. The molecule has 0 heterocycles. The van der Waals surface area contributed by atoms with Gasteiger partial charge in [-0.05, 0) is 41.0 Å². The van der Waals surface area contributed by atoms with E-state index in [1.807, 2.05) is 18.2 Å². The van der Waals surface area contributed by atoms with Gasteiger partial charge >= 0.3 is 0 Å². The lowest BCUT2D eigenvalue weighted by Gasteiger charge is -2.17. The smallest absolute Gasteiger partial charge is 0.120 e. The van der Waals surface area contributed by atoms with Gasteiger partial charge in [0.15, 0.2) is 0 Å². The number of aliphatic hydroxyl groups excluding tert-OH is 1. The summed E-state index contributed by atoms with van der Waals surface area (Å²) in [6, 6.07) is 21.1. The predicted octanol–water partition coefficient (Wildman–Crippen LogP) is 4.82. The van der Waals surface area contributed by atoms with Crippen molar-refractivity contribution >= 4 is 26.7 Å². The van der Waals surface area contributed by atoms with Crippen molar-refractivity contribution in [3.8, 4) is 5.75 Å². The highest BCUT2D eigenvalue weighted by Crippen LogP contribution is 2.26. The van der Waals surface area contributed by atoms with Gasteiger partial charge in [-0.1, -0.05) is 64.5 Å². The number of rotatable bonds is 7. The fourth-order valence-corrected chi connectivity index (χ4v) is 3.42. The molecule has 3 nitrogen and oxygen atoms in total. The molecule has 0 saturated heterocycles. The zero-order chi connectivity index (χ0) is 17.6. The summed E-state index contributed by atoms with van der Waals surface area (Å²) in [6.07, 6.45) is 0. The number of nitrogens with one attached hydrogen (secondary N) is 1. The van der Waals surface area contributed by atoms with Crippen molar-refractivity contribution in [3.05, 3.63) is 76.3 Å². The lowest BCUT2D eigenvalue weighted by atomic mass is 9.99. The predicted molar refractivity (Wildman–Crippen MR) is 106 cm³/mol. The molecule has 0 spiro atoms. The van der Waals surface area contributed by atoms with Crippen LogP contribution in [0.15, 0.2) is 65.1 Å². The van der Waals surface area contributed by atoms with Crippen molar-refractivity contribution in [3.63, 3.8) is 0 Å². The van der Waals surface area contributed by atoms with Gasteiger partial charge in [-0.2, -0.15) is 0 Å². The van der Waals surface area contributed by atoms with Crippen LogP contribution in [-0.4, -0.2) is 18.3 Å². The molecule has 2 N–H and O–H groups in total. The normalized spacial score (nSPS) is 12.3. The number of fused-ring (bicyclic) bond motifs is 1. The van der Waals surface area contributed by atoms with Crippen LogP contribution < -0.4 is 10.1 Å². The van der Waals surface area contributed by atoms with Crippen molar-refractivity contribution in [1.29, 1.82) is 0 Å². The van der Waals surface area contributed by atoms with Crippen LogP contribution in [0.2, 0.25) is 0 Å². The maximum atomic E-state index is 8.83. The third-order valence-electron chi connectivity index (χ3n) is 4.27. The zero-order valence-electron chi connectivity index (χ0n) is 14.2. The largest absolute Gasteiger partial charge is 0.491 e. The quantitative estimate of drug-likeness (QED) is 0.597. The van der Waals surface area contributed by atoms with Crippen LogP contribution in [0.3, 0.4) is 0 Å². The molecule has 0 aliphatic heterocycles. The van der Waals surface area contributed by atoms with Gasteiger partial charge in [-0.3, -0.25) is 0 Å². The summed E-state index contributed by atoms with van der Waals surface area (Å²) >= 11 is 3.60. The van der Waals surface area contributed by atoms with Gasteiger partial charge in [0.25, 0.3) is 0 Å². The lowest BCUT2D eigenvalue weighted by Crippen LogP contribution is -2.18. The van der Waals surface area contributed by atoms with Gasteiger partial charge in [0.05, 0.1) is 6.61 Å². The van der Waals surface area contributed by atoms with Crippen molar-refractivity contribution in [2.75, 3.05) is 13.2 Å². The van der Waals surface area contributed by atoms with E-state index in [1.54, 1.807) is 0 Å². The Labute approximate surface area is 156 Å². The van der Waals surface area contributed by atoms with Crippen LogP contribution in [0, 0.1) is 0 Å². The molecule has 3 rings (SSSR count). The van der Waals surface area contributed by atoms with E-state index < -0.39 is 0 Å². The fourth-order valence-electron chi connectivity index (χ4n) is 2.93. The van der Waals surface area contributed by atoms with Crippen molar-refractivity contribution in [2.24, 2.45) is 0 Å². The van der Waals surface area contributed by atoms with Gasteiger partial charge in [0.1, 0.15) is 12.4 Å². The number of aliphatic hydroxyl groups is 1. The molecule has 0 unspecified atom stereocenters. The Balaban J connectivity index is 1.70. The van der Waals surface area contributed by atoms with Crippen molar-refractivity contribution in [1.82, 2.24) is 5.32 Å². The number of hydrogen-bond acceptors (Lipinski definition) is 3. The minimum absolute atomic E-state index is 0.0173. The monoisotopic (exact) mass is 399 g/mol. The second kappa shape index (κ2) is 8.48. The molecule has 4 heteroatoms. The Morgan fingerprint density at radius 3 is 2.68 bits per heavy atom. The fraction of sp³-hybridized carbons (Fsp3) is 0.238. The Bertz CT molecular complexity index is 845. The molecular formula is C21H22BrNO2. The zero-order valence-corrected chi connectivity index (χ0v) is 15.8. The van der Waals surface area contributed by atoms with E-state index in [2.05, 4.69) is 70.6 Å². The van der Waals surface area contributed by atoms with E-state index in [4.69, 9.17) is 9.84 Å². The topological polar surface area (TPSA) is 41.5 Å². The second-order valence-corrected chi connectivity index (χ2v) is 6.85. The number of hydrogen-bond donors (Lipinski definition) is 2. The summed E-state index contributed by atoms with van der Waals surface area (Å²) in [6.45, 7) is 3.27. The van der Waals surface area contributed by atoms with Gasteiger partial charge in [0.2, 0.25) is 0 Å². The molecule has 0 bridgehead atoms. The van der Waals surface area contributed by atoms with E-state index in [1.165, 1.54) is 21.9 Å². The first-order valence-corrected chi connectivity index (χ1v) is 9.21. The SMILES string of the molecule is C[C@@H](NCc1ccc(OCCO)cc1Br)c1cccc2ccccc12. The molecule has 0 saturated carbocycles. The number of benzene rings is 3. The standard InChI is InChI=1S/C21H22BrNO2/c1-15(19-8-4-6-16-5-2-3-7-20(16)19)23-14-17-9-10-18(13-21(17)22)25-12-11-24/h2-10,13,15,23-24H,11-12,14H2,1H3/t15-/m1/s1. The van der Waals surface area contributed by atoms with E-state index >= 15 is 0 Å². The number of halogens is 1. The van der Waals surface area contributed by atoms with Crippen LogP contribution in [0.5, 0.6) is 5.75 Å². The molecule has 0 amide bonds. The number of ether oxygens (including phenoxy) is 1. The summed E-state index contributed by atoms with van der Waals surface area (Å²) in [5, 5.41) is 15.0. The lowest BCUT2D eigenvalue weighted by molar-refractivity contribution is 0.201. The highest BCUT2D eigenvalue weighted by molar-refractivity contribution is 9.10. The molecular weight excluding hydrogens is 378 g/mol. The van der Waals surface area contributed by atoms with Gasteiger partial charge in [-0.25, -0.2) is 0 Å². The van der Waals surface area contributed by atoms with Crippen LogP contribution in [0.4, 0.5) is 0 Å². The van der Waals surface area contributed by atoms with Crippen LogP contribution in [-0.2, 0) is 6.54 Å². The second-order valence-electron chi connectivity index (χ2n) is 6.00. The maximum Gasteiger partial charge on any atom is 0.120 e. The molecule has 130 valence electrons. The Morgan fingerprint density at radius 1 is 1.08 bits per heavy atom.